The number of carbonyl (C=O) groups is 2. The van der Waals surface area contributed by atoms with Gasteiger partial charge in [-0.25, -0.2) is 14.4 Å². The molecule has 0 aromatic heterocycles. The molecule has 0 saturated carbocycles. The molecule has 25 heavy (non-hydrogen) atoms. The number of nitrogens with zero attached hydrogens (tertiary/aromatic N) is 2. The van der Waals surface area contributed by atoms with Crippen LogP contribution in [0.2, 0.25) is 0 Å². The number of amidine groups is 1. The minimum atomic E-state index is -0.739. The highest BCUT2D eigenvalue weighted by Crippen LogP contribution is 2.20. The summed E-state index contributed by atoms with van der Waals surface area (Å²) >= 11 is 3.15. The highest BCUT2D eigenvalue weighted by atomic mass is 79.9. The second kappa shape index (κ2) is 7.02. The molecule has 1 aliphatic heterocycles. The van der Waals surface area contributed by atoms with Gasteiger partial charge in [0, 0.05) is 4.47 Å². The van der Waals surface area contributed by atoms with Crippen molar-refractivity contribution in [3.8, 4) is 0 Å². The van der Waals surface area contributed by atoms with Gasteiger partial charge < -0.3 is 5.32 Å². The number of amides is 2. The Morgan fingerprint density at radius 3 is 2.68 bits per heavy atom. The summed E-state index contributed by atoms with van der Waals surface area (Å²) in [6.45, 7) is 1.59. The van der Waals surface area contributed by atoms with E-state index in [4.69, 9.17) is 0 Å². The number of hydrogen-bond donors (Lipinski definition) is 2. The zero-order valence-electron chi connectivity index (χ0n) is 13.2. The Bertz CT molecular complexity index is 857. The van der Waals surface area contributed by atoms with E-state index in [9.17, 15) is 14.0 Å². The lowest BCUT2D eigenvalue weighted by molar-refractivity contribution is -0.120. The molecule has 3 rings (SSSR count). The number of anilines is 2. The number of hydrazine groups is 1. The van der Waals surface area contributed by atoms with E-state index in [-0.39, 0.29) is 17.4 Å². The normalized spacial score (nSPS) is 16.9. The molecule has 0 fully saturated rings. The van der Waals surface area contributed by atoms with E-state index in [2.05, 4.69) is 31.7 Å². The first-order valence-electron chi connectivity index (χ1n) is 7.45. The molecule has 6 nitrogen and oxygen atoms in total. The molecule has 1 aliphatic rings. The summed E-state index contributed by atoms with van der Waals surface area (Å²) in [7, 11) is 0. The van der Waals surface area contributed by atoms with Crippen LogP contribution in [0.25, 0.3) is 0 Å². The van der Waals surface area contributed by atoms with Gasteiger partial charge in [-0.2, -0.15) is 0 Å². The van der Waals surface area contributed by atoms with Gasteiger partial charge in [-0.1, -0.05) is 34.1 Å². The second-order valence-electron chi connectivity index (χ2n) is 5.35. The number of nitrogens with one attached hydrogen (secondary N) is 2. The molecule has 0 saturated heterocycles. The van der Waals surface area contributed by atoms with Crippen molar-refractivity contribution >= 4 is 45.0 Å². The molecule has 0 radical (unpaired) electrons. The van der Waals surface area contributed by atoms with Gasteiger partial charge >= 0.3 is 0 Å². The Morgan fingerprint density at radius 1 is 1.28 bits per heavy atom. The topological polar surface area (TPSA) is 73.8 Å². The maximum absolute atomic E-state index is 13.9. The van der Waals surface area contributed by atoms with Crippen molar-refractivity contribution in [2.75, 3.05) is 10.3 Å². The van der Waals surface area contributed by atoms with Crippen LogP contribution in [-0.2, 0) is 9.59 Å². The lowest BCUT2D eigenvalue weighted by Gasteiger charge is -2.30. The maximum Gasteiger partial charge on any atom is 0.292 e. The van der Waals surface area contributed by atoms with Crippen molar-refractivity contribution in [1.82, 2.24) is 5.43 Å². The number of rotatable bonds is 3. The van der Waals surface area contributed by atoms with Crippen LogP contribution < -0.4 is 15.8 Å². The Hall–Kier alpha value is -2.74. The molecule has 2 amide bonds. The van der Waals surface area contributed by atoms with Gasteiger partial charge in [-0.15, -0.1) is 0 Å². The van der Waals surface area contributed by atoms with Gasteiger partial charge in [0.1, 0.15) is 11.9 Å². The summed E-state index contributed by atoms with van der Waals surface area (Å²) in [5.41, 5.74) is 3.29. The summed E-state index contributed by atoms with van der Waals surface area (Å²) in [6.07, 6.45) is 0. The molecule has 1 heterocycles. The molecule has 0 aliphatic carbocycles. The minimum absolute atomic E-state index is 0.0218. The Morgan fingerprint density at radius 2 is 2.00 bits per heavy atom. The fourth-order valence-electron chi connectivity index (χ4n) is 2.28. The van der Waals surface area contributed by atoms with Crippen LogP contribution in [0.4, 0.5) is 15.8 Å². The van der Waals surface area contributed by atoms with Crippen LogP contribution in [0.3, 0.4) is 0 Å². The molecule has 2 aromatic carbocycles. The largest absolute Gasteiger partial charge is 0.317 e. The fourth-order valence-corrected chi connectivity index (χ4v) is 2.61. The van der Waals surface area contributed by atoms with Crippen LogP contribution in [0, 0.1) is 5.82 Å². The van der Waals surface area contributed by atoms with Crippen molar-refractivity contribution in [2.24, 2.45) is 4.99 Å². The Labute approximate surface area is 151 Å². The molecule has 1 atom stereocenters. The lowest BCUT2D eigenvalue weighted by Crippen LogP contribution is -2.57. The third-order valence-electron chi connectivity index (χ3n) is 3.53. The van der Waals surface area contributed by atoms with Crippen molar-refractivity contribution in [3.63, 3.8) is 0 Å². The average Bonchev–Trinajstić information content (AvgIpc) is 2.60. The van der Waals surface area contributed by atoms with Crippen LogP contribution in [0.1, 0.15) is 6.92 Å². The average molecular weight is 405 g/mol. The van der Waals surface area contributed by atoms with E-state index in [0.29, 0.717) is 10.2 Å². The van der Waals surface area contributed by atoms with Crippen LogP contribution in [0.5, 0.6) is 0 Å². The number of benzene rings is 2. The van der Waals surface area contributed by atoms with E-state index in [1.165, 1.54) is 17.1 Å². The first kappa shape index (κ1) is 17.1. The molecular formula is C17H14BrFN4O2. The summed E-state index contributed by atoms with van der Waals surface area (Å²) < 4.78 is 14.4. The number of carbonyl (C=O) groups excluding carboxylic acids is 2. The monoisotopic (exact) mass is 404 g/mol. The number of halogens is 2. The summed E-state index contributed by atoms with van der Waals surface area (Å²) in [6, 6.07) is 12.4. The van der Waals surface area contributed by atoms with E-state index < -0.39 is 17.8 Å². The van der Waals surface area contributed by atoms with Gasteiger partial charge in [0.05, 0.1) is 11.4 Å². The van der Waals surface area contributed by atoms with E-state index in [0.717, 1.165) is 0 Å². The maximum atomic E-state index is 13.9. The minimum Gasteiger partial charge on any atom is -0.317 e. The molecule has 0 bridgehead atoms. The van der Waals surface area contributed by atoms with E-state index in [1.54, 1.807) is 37.3 Å². The highest BCUT2D eigenvalue weighted by Gasteiger charge is 2.30. The van der Waals surface area contributed by atoms with Gasteiger partial charge in [0.25, 0.3) is 11.8 Å². The molecule has 2 aromatic rings. The van der Waals surface area contributed by atoms with Crippen molar-refractivity contribution in [2.45, 2.75) is 13.0 Å². The zero-order chi connectivity index (χ0) is 18.0. The molecule has 0 spiro atoms. The standard InChI is InChI=1S/C17H14BrFN4O2/c1-10-17(25)23(12-5-3-2-4-6-12)22-15(20-10)16(24)21-14-8-7-11(18)9-13(14)19/h2-10H,1H3,(H,20,22)(H,21,24). The lowest BCUT2D eigenvalue weighted by atomic mass is 10.2. The van der Waals surface area contributed by atoms with E-state index >= 15 is 0 Å². The van der Waals surface area contributed by atoms with Gasteiger partial charge in [0.2, 0.25) is 5.84 Å². The van der Waals surface area contributed by atoms with Crippen LogP contribution in [-0.4, -0.2) is 23.7 Å². The Balaban J connectivity index is 1.82. The van der Waals surface area contributed by atoms with Gasteiger partial charge in [0.15, 0.2) is 0 Å². The molecule has 2 N–H and O–H groups in total. The summed E-state index contributed by atoms with van der Waals surface area (Å²) in [4.78, 5) is 28.8. The quantitative estimate of drug-likeness (QED) is 0.825. The van der Waals surface area contributed by atoms with Crippen LogP contribution in [0.15, 0.2) is 58.0 Å². The zero-order valence-corrected chi connectivity index (χ0v) is 14.7. The SMILES string of the molecule is CC1N=C(C(=O)Nc2ccc(Br)cc2F)NN(c2ccccc2)C1=O. The van der Waals surface area contributed by atoms with Gasteiger partial charge in [-0.3, -0.25) is 15.0 Å². The summed E-state index contributed by atoms with van der Waals surface area (Å²) in [5, 5.41) is 3.70. The summed E-state index contributed by atoms with van der Waals surface area (Å²) in [5.74, 6) is -1.58. The first-order chi connectivity index (χ1) is 12.0. The smallest absolute Gasteiger partial charge is 0.292 e. The molecule has 128 valence electrons. The predicted molar refractivity (Wildman–Crippen MR) is 96.7 cm³/mol. The van der Waals surface area contributed by atoms with Crippen LogP contribution >= 0.6 is 15.9 Å². The third kappa shape index (κ3) is 3.69. The predicted octanol–water partition coefficient (Wildman–Crippen LogP) is 2.87. The molecule has 8 heteroatoms. The van der Waals surface area contributed by atoms with Gasteiger partial charge in [-0.05, 0) is 37.3 Å². The fraction of sp³-hybridized carbons (Fsp3) is 0.118. The Kier molecular flexibility index (Phi) is 4.80. The number of para-hydroxylation sites is 1. The van der Waals surface area contributed by atoms with Crippen molar-refractivity contribution in [1.29, 1.82) is 0 Å². The number of aliphatic imine (C=N–C) groups is 1. The first-order valence-corrected chi connectivity index (χ1v) is 8.25. The molecule has 1 unspecified atom stereocenters. The second-order valence-corrected chi connectivity index (χ2v) is 6.27. The highest BCUT2D eigenvalue weighted by molar-refractivity contribution is 9.10. The van der Waals surface area contributed by atoms with Crippen molar-refractivity contribution in [3.05, 3.63) is 58.8 Å². The van der Waals surface area contributed by atoms with E-state index in [1.807, 2.05) is 6.07 Å². The third-order valence-corrected chi connectivity index (χ3v) is 4.02. The molecular weight excluding hydrogens is 391 g/mol. The number of hydrogen-bond acceptors (Lipinski definition) is 4. The van der Waals surface area contributed by atoms with Crippen molar-refractivity contribution < 1.29 is 14.0 Å².